The molecule has 8 nitrogen and oxygen atoms in total. The van der Waals surface area contributed by atoms with Gasteiger partial charge in [-0.15, -0.1) is 0 Å². The molecule has 164 valence electrons. The normalized spacial score (nSPS) is 14.6. The first-order valence-electron chi connectivity index (χ1n) is 10.6. The quantitative estimate of drug-likeness (QED) is 0.507. The molecule has 0 bridgehead atoms. The van der Waals surface area contributed by atoms with E-state index in [4.69, 9.17) is 0 Å². The Balaban J connectivity index is 1.87. The predicted molar refractivity (Wildman–Crippen MR) is 121 cm³/mol. The van der Waals surface area contributed by atoms with Gasteiger partial charge in [0.1, 0.15) is 0 Å². The lowest BCUT2D eigenvalue weighted by molar-refractivity contribution is -0.384. The maximum Gasteiger partial charge on any atom is 0.270 e. The van der Waals surface area contributed by atoms with E-state index in [0.29, 0.717) is 11.3 Å². The SMILES string of the molecule is CC[C@@H](C)NC(=O)c1cc(NC(=O)c2cccc([N+](=O)[O-])c2)ccc1N1CCCCC1. The number of piperidine rings is 1. The highest BCUT2D eigenvalue weighted by Crippen LogP contribution is 2.28. The van der Waals surface area contributed by atoms with Gasteiger partial charge in [-0.05, 0) is 56.9 Å². The van der Waals surface area contributed by atoms with Crippen LogP contribution in [0, 0.1) is 10.1 Å². The van der Waals surface area contributed by atoms with Crippen LogP contribution in [0.3, 0.4) is 0 Å². The lowest BCUT2D eigenvalue weighted by atomic mass is 10.0. The highest BCUT2D eigenvalue weighted by molar-refractivity contribution is 6.06. The molecule has 0 aromatic heterocycles. The van der Waals surface area contributed by atoms with E-state index in [-0.39, 0.29) is 23.2 Å². The molecule has 1 aliphatic heterocycles. The van der Waals surface area contributed by atoms with Crippen molar-refractivity contribution in [2.45, 2.75) is 45.6 Å². The first-order chi connectivity index (χ1) is 14.9. The van der Waals surface area contributed by atoms with Crippen LogP contribution in [0.25, 0.3) is 0 Å². The van der Waals surface area contributed by atoms with E-state index in [1.807, 2.05) is 19.9 Å². The second-order valence-corrected chi connectivity index (χ2v) is 7.82. The fourth-order valence-corrected chi connectivity index (χ4v) is 3.57. The largest absolute Gasteiger partial charge is 0.371 e. The first-order valence-corrected chi connectivity index (χ1v) is 10.6. The average molecular weight is 425 g/mol. The smallest absolute Gasteiger partial charge is 0.270 e. The van der Waals surface area contributed by atoms with Crippen LogP contribution in [0.1, 0.15) is 60.2 Å². The van der Waals surface area contributed by atoms with Crippen LogP contribution < -0.4 is 15.5 Å². The summed E-state index contributed by atoms with van der Waals surface area (Å²) >= 11 is 0. The van der Waals surface area contributed by atoms with Crippen LogP contribution in [0.15, 0.2) is 42.5 Å². The van der Waals surface area contributed by atoms with E-state index in [1.165, 1.54) is 30.7 Å². The lowest BCUT2D eigenvalue weighted by Crippen LogP contribution is -2.35. The molecule has 2 amide bonds. The second kappa shape index (κ2) is 10.1. The fourth-order valence-electron chi connectivity index (χ4n) is 3.57. The molecule has 0 saturated carbocycles. The van der Waals surface area contributed by atoms with E-state index < -0.39 is 10.8 Å². The molecule has 2 aromatic rings. The van der Waals surface area contributed by atoms with Crippen LogP contribution >= 0.6 is 0 Å². The number of nitrogens with one attached hydrogen (secondary N) is 2. The van der Waals surface area contributed by atoms with Gasteiger partial charge < -0.3 is 15.5 Å². The molecule has 0 aliphatic carbocycles. The number of nitro groups is 1. The Morgan fingerprint density at radius 3 is 2.52 bits per heavy atom. The molecule has 1 fully saturated rings. The topological polar surface area (TPSA) is 105 Å². The van der Waals surface area contributed by atoms with Crippen molar-refractivity contribution in [2.24, 2.45) is 0 Å². The minimum atomic E-state index is -0.540. The van der Waals surface area contributed by atoms with E-state index in [2.05, 4.69) is 15.5 Å². The van der Waals surface area contributed by atoms with Crippen LogP contribution in [-0.4, -0.2) is 35.9 Å². The molecular formula is C23H28N4O4. The summed E-state index contributed by atoms with van der Waals surface area (Å²) in [6.07, 6.45) is 4.16. The molecule has 0 unspecified atom stereocenters. The molecule has 0 spiro atoms. The summed E-state index contributed by atoms with van der Waals surface area (Å²) < 4.78 is 0. The van der Waals surface area contributed by atoms with Gasteiger partial charge in [-0.25, -0.2) is 0 Å². The molecule has 2 N–H and O–H groups in total. The molecule has 1 atom stereocenters. The third kappa shape index (κ3) is 5.59. The standard InChI is InChI=1S/C23H28N4O4/c1-3-16(2)24-23(29)20-15-18(10-11-21(20)26-12-5-4-6-13-26)25-22(28)17-8-7-9-19(14-17)27(30)31/h7-11,14-16H,3-6,12-13H2,1-2H3,(H,24,29)(H,25,28)/t16-/m1/s1. The number of hydrogen-bond donors (Lipinski definition) is 2. The van der Waals surface area contributed by atoms with Gasteiger partial charge in [-0.3, -0.25) is 19.7 Å². The van der Waals surface area contributed by atoms with Gasteiger partial charge in [0.05, 0.1) is 10.5 Å². The van der Waals surface area contributed by atoms with Crippen molar-refractivity contribution in [2.75, 3.05) is 23.3 Å². The minimum absolute atomic E-state index is 0.0322. The van der Waals surface area contributed by atoms with E-state index in [9.17, 15) is 19.7 Å². The molecule has 3 rings (SSSR count). The Morgan fingerprint density at radius 2 is 1.84 bits per heavy atom. The number of benzene rings is 2. The number of hydrogen-bond acceptors (Lipinski definition) is 5. The summed E-state index contributed by atoms with van der Waals surface area (Å²) in [7, 11) is 0. The third-order valence-corrected chi connectivity index (χ3v) is 5.50. The first kappa shape index (κ1) is 22.3. The van der Waals surface area contributed by atoms with Crippen LogP contribution in [0.4, 0.5) is 17.1 Å². The van der Waals surface area contributed by atoms with E-state index in [1.54, 1.807) is 12.1 Å². The van der Waals surface area contributed by atoms with E-state index in [0.717, 1.165) is 38.0 Å². The molecular weight excluding hydrogens is 396 g/mol. The molecule has 1 aliphatic rings. The molecule has 31 heavy (non-hydrogen) atoms. The Morgan fingerprint density at radius 1 is 1.10 bits per heavy atom. The van der Waals surface area contributed by atoms with Crippen molar-refractivity contribution in [3.63, 3.8) is 0 Å². The number of amides is 2. The van der Waals surface area contributed by atoms with Gasteiger partial charge in [-0.2, -0.15) is 0 Å². The summed E-state index contributed by atoms with van der Waals surface area (Å²) in [5, 5.41) is 16.7. The maximum atomic E-state index is 13.0. The Hall–Kier alpha value is -3.42. The zero-order chi connectivity index (χ0) is 22.4. The summed E-state index contributed by atoms with van der Waals surface area (Å²) in [5.41, 5.74) is 1.86. The molecule has 8 heteroatoms. The van der Waals surface area contributed by atoms with Gasteiger partial charge in [-0.1, -0.05) is 13.0 Å². The number of carbonyl (C=O) groups is 2. The van der Waals surface area contributed by atoms with Gasteiger partial charge >= 0.3 is 0 Å². The van der Waals surface area contributed by atoms with Crippen molar-refractivity contribution in [3.8, 4) is 0 Å². The number of rotatable bonds is 7. The monoisotopic (exact) mass is 424 g/mol. The number of anilines is 2. The van der Waals surface area contributed by atoms with Crippen LogP contribution in [-0.2, 0) is 0 Å². The van der Waals surface area contributed by atoms with Crippen molar-refractivity contribution in [1.29, 1.82) is 0 Å². The van der Waals surface area contributed by atoms with Crippen molar-refractivity contribution < 1.29 is 14.5 Å². The van der Waals surface area contributed by atoms with Gasteiger partial charge in [0.25, 0.3) is 17.5 Å². The predicted octanol–water partition coefficient (Wildman–Crippen LogP) is 4.37. The summed E-state index contributed by atoms with van der Waals surface area (Å²) in [4.78, 5) is 38.3. The lowest BCUT2D eigenvalue weighted by Gasteiger charge is -2.31. The van der Waals surface area contributed by atoms with Crippen molar-refractivity contribution in [3.05, 3.63) is 63.7 Å². The van der Waals surface area contributed by atoms with Crippen molar-refractivity contribution in [1.82, 2.24) is 5.32 Å². The number of nitrogens with zero attached hydrogens (tertiary/aromatic N) is 2. The molecule has 0 radical (unpaired) electrons. The summed E-state index contributed by atoms with van der Waals surface area (Å²) in [6.45, 7) is 5.74. The maximum absolute atomic E-state index is 13.0. The van der Waals surface area contributed by atoms with Gasteiger partial charge in [0.2, 0.25) is 0 Å². The van der Waals surface area contributed by atoms with Gasteiger partial charge in [0.15, 0.2) is 0 Å². The third-order valence-electron chi connectivity index (χ3n) is 5.50. The zero-order valence-electron chi connectivity index (χ0n) is 17.9. The number of carbonyl (C=O) groups excluding carboxylic acids is 2. The Labute approximate surface area is 181 Å². The number of non-ortho nitro benzene ring substituents is 1. The molecule has 1 heterocycles. The fraction of sp³-hybridized carbons (Fsp3) is 0.391. The summed E-state index contributed by atoms with van der Waals surface area (Å²) in [6, 6.07) is 10.9. The highest BCUT2D eigenvalue weighted by Gasteiger charge is 2.21. The van der Waals surface area contributed by atoms with E-state index >= 15 is 0 Å². The minimum Gasteiger partial charge on any atom is -0.371 e. The van der Waals surface area contributed by atoms with Crippen LogP contribution in [0.5, 0.6) is 0 Å². The summed E-state index contributed by atoms with van der Waals surface area (Å²) in [5.74, 6) is -0.649. The van der Waals surface area contributed by atoms with Crippen molar-refractivity contribution >= 4 is 28.9 Å². The average Bonchev–Trinajstić information content (AvgIpc) is 2.79. The zero-order valence-corrected chi connectivity index (χ0v) is 17.9. The highest BCUT2D eigenvalue weighted by atomic mass is 16.6. The van der Waals surface area contributed by atoms with Crippen LogP contribution in [0.2, 0.25) is 0 Å². The van der Waals surface area contributed by atoms with Gasteiger partial charge in [0, 0.05) is 48.2 Å². The second-order valence-electron chi connectivity index (χ2n) is 7.82. The molecule has 1 saturated heterocycles. The number of nitro benzene ring substituents is 1. The molecule has 2 aromatic carbocycles. The Bertz CT molecular complexity index is 970. The Kier molecular flexibility index (Phi) is 7.23.